The molecule has 8 heteroatoms. The quantitative estimate of drug-likeness (QED) is 0.708. The standard InChI is InChI=1S/C16H24N4O2.2ClH/c1-12(13-4-7-17-8-5-13)9-15(21)19-11-16(22)20-14-3-2-6-18-10-14;;/h2-3,6,10,12-13,17H,4-5,7-9,11H2,1H3,(H,19,21)(H,20,22);2*1H. The first kappa shape index (κ1) is 22.6. The number of amides is 2. The first-order valence-electron chi connectivity index (χ1n) is 7.82. The molecule has 2 amide bonds. The zero-order valence-corrected chi connectivity index (χ0v) is 15.4. The second-order valence-corrected chi connectivity index (χ2v) is 5.84. The Morgan fingerprint density at radius 3 is 2.62 bits per heavy atom. The summed E-state index contributed by atoms with van der Waals surface area (Å²) >= 11 is 0. The monoisotopic (exact) mass is 376 g/mol. The number of carbonyl (C=O) groups excluding carboxylic acids is 2. The van der Waals surface area contributed by atoms with E-state index in [4.69, 9.17) is 0 Å². The van der Waals surface area contributed by atoms with Crippen LogP contribution in [0.4, 0.5) is 5.69 Å². The van der Waals surface area contributed by atoms with Gasteiger partial charge in [-0.05, 0) is 49.9 Å². The zero-order valence-electron chi connectivity index (χ0n) is 13.8. The van der Waals surface area contributed by atoms with Crippen LogP contribution >= 0.6 is 24.8 Å². The molecular weight excluding hydrogens is 351 g/mol. The van der Waals surface area contributed by atoms with E-state index in [1.165, 1.54) is 0 Å². The lowest BCUT2D eigenvalue weighted by molar-refractivity contribution is -0.125. The van der Waals surface area contributed by atoms with E-state index in [-0.39, 0.29) is 43.2 Å². The van der Waals surface area contributed by atoms with Crippen LogP contribution in [0, 0.1) is 11.8 Å². The van der Waals surface area contributed by atoms with Crippen LogP contribution in [-0.4, -0.2) is 36.4 Å². The van der Waals surface area contributed by atoms with Gasteiger partial charge < -0.3 is 16.0 Å². The lowest BCUT2D eigenvalue weighted by Gasteiger charge is -2.27. The Morgan fingerprint density at radius 2 is 2.00 bits per heavy atom. The highest BCUT2D eigenvalue weighted by atomic mass is 35.5. The highest BCUT2D eigenvalue weighted by Gasteiger charge is 2.22. The molecule has 0 aliphatic carbocycles. The number of aromatic nitrogens is 1. The summed E-state index contributed by atoms with van der Waals surface area (Å²) in [7, 11) is 0. The molecule has 1 aliphatic rings. The molecule has 1 saturated heterocycles. The number of halogens is 2. The Labute approximate surface area is 155 Å². The summed E-state index contributed by atoms with van der Waals surface area (Å²) in [6.07, 6.45) is 5.93. The molecule has 0 radical (unpaired) electrons. The number of carbonyl (C=O) groups is 2. The molecule has 0 spiro atoms. The molecule has 0 saturated carbocycles. The molecular formula is C16H26Cl2N4O2. The fourth-order valence-electron chi connectivity index (χ4n) is 2.77. The average Bonchev–Trinajstić information content (AvgIpc) is 2.55. The molecule has 6 nitrogen and oxygen atoms in total. The Balaban J connectivity index is 0.00000264. The van der Waals surface area contributed by atoms with Crippen LogP contribution in [0.1, 0.15) is 26.2 Å². The first-order chi connectivity index (χ1) is 10.6. The van der Waals surface area contributed by atoms with Gasteiger partial charge in [0.25, 0.3) is 0 Å². The highest BCUT2D eigenvalue weighted by molar-refractivity contribution is 5.94. The van der Waals surface area contributed by atoms with Crippen molar-refractivity contribution in [3.63, 3.8) is 0 Å². The van der Waals surface area contributed by atoms with E-state index in [0.29, 0.717) is 23.9 Å². The van der Waals surface area contributed by atoms with Crippen molar-refractivity contribution in [2.24, 2.45) is 11.8 Å². The third kappa shape index (κ3) is 7.95. The van der Waals surface area contributed by atoms with Crippen LogP contribution in [0.15, 0.2) is 24.5 Å². The predicted octanol–water partition coefficient (Wildman–Crippen LogP) is 2.01. The first-order valence-corrected chi connectivity index (χ1v) is 7.82. The summed E-state index contributed by atoms with van der Waals surface area (Å²) in [4.78, 5) is 27.6. The van der Waals surface area contributed by atoms with Crippen molar-refractivity contribution < 1.29 is 9.59 Å². The maximum Gasteiger partial charge on any atom is 0.243 e. The van der Waals surface area contributed by atoms with Crippen molar-refractivity contribution in [3.8, 4) is 0 Å². The van der Waals surface area contributed by atoms with Crippen molar-refractivity contribution in [2.75, 3.05) is 25.0 Å². The van der Waals surface area contributed by atoms with E-state index >= 15 is 0 Å². The van der Waals surface area contributed by atoms with Gasteiger partial charge in [-0.2, -0.15) is 0 Å². The minimum absolute atomic E-state index is 0. The normalized spacial score (nSPS) is 15.4. The fourth-order valence-corrected chi connectivity index (χ4v) is 2.77. The van der Waals surface area contributed by atoms with Crippen LogP contribution in [0.2, 0.25) is 0 Å². The van der Waals surface area contributed by atoms with Crippen molar-refractivity contribution in [3.05, 3.63) is 24.5 Å². The Hall–Kier alpha value is -1.37. The van der Waals surface area contributed by atoms with E-state index in [1.54, 1.807) is 24.5 Å². The second-order valence-electron chi connectivity index (χ2n) is 5.84. The van der Waals surface area contributed by atoms with E-state index in [9.17, 15) is 9.59 Å². The third-order valence-electron chi connectivity index (χ3n) is 4.09. The largest absolute Gasteiger partial charge is 0.347 e. The molecule has 1 aromatic heterocycles. The predicted molar refractivity (Wildman–Crippen MR) is 99.7 cm³/mol. The van der Waals surface area contributed by atoms with Crippen LogP contribution in [-0.2, 0) is 9.59 Å². The van der Waals surface area contributed by atoms with Gasteiger partial charge in [-0.25, -0.2) is 0 Å². The van der Waals surface area contributed by atoms with Crippen molar-refractivity contribution in [1.29, 1.82) is 0 Å². The van der Waals surface area contributed by atoms with Crippen molar-refractivity contribution in [1.82, 2.24) is 15.6 Å². The molecule has 1 atom stereocenters. The van der Waals surface area contributed by atoms with Gasteiger partial charge in [-0.15, -0.1) is 24.8 Å². The summed E-state index contributed by atoms with van der Waals surface area (Å²) in [5.74, 6) is 0.642. The van der Waals surface area contributed by atoms with Gasteiger partial charge in [0.2, 0.25) is 11.8 Å². The number of hydrogen-bond acceptors (Lipinski definition) is 4. The smallest absolute Gasteiger partial charge is 0.243 e. The van der Waals surface area contributed by atoms with Gasteiger partial charge in [-0.1, -0.05) is 6.92 Å². The lowest BCUT2D eigenvalue weighted by atomic mass is 9.84. The van der Waals surface area contributed by atoms with Gasteiger partial charge in [-0.3, -0.25) is 14.6 Å². The second kappa shape index (κ2) is 12.1. The Kier molecular flexibility index (Phi) is 11.4. The highest BCUT2D eigenvalue weighted by Crippen LogP contribution is 2.23. The fraction of sp³-hybridized carbons (Fsp3) is 0.562. The number of nitrogens with one attached hydrogen (secondary N) is 3. The number of rotatable bonds is 6. The summed E-state index contributed by atoms with van der Waals surface area (Å²) in [6.45, 7) is 4.17. The molecule has 1 fully saturated rings. The molecule has 2 rings (SSSR count). The topological polar surface area (TPSA) is 83.1 Å². The van der Waals surface area contributed by atoms with Gasteiger partial charge >= 0.3 is 0 Å². The summed E-state index contributed by atoms with van der Waals surface area (Å²) in [6, 6.07) is 3.50. The zero-order chi connectivity index (χ0) is 15.8. The van der Waals surface area contributed by atoms with Crippen LogP contribution in [0.5, 0.6) is 0 Å². The number of nitrogens with zero attached hydrogens (tertiary/aromatic N) is 1. The van der Waals surface area contributed by atoms with E-state index in [2.05, 4.69) is 27.9 Å². The minimum atomic E-state index is -0.240. The maximum atomic E-state index is 11.9. The van der Waals surface area contributed by atoms with E-state index < -0.39 is 0 Å². The molecule has 136 valence electrons. The molecule has 2 heterocycles. The number of pyridine rings is 1. The Bertz CT molecular complexity index is 496. The van der Waals surface area contributed by atoms with Crippen LogP contribution in [0.3, 0.4) is 0 Å². The summed E-state index contributed by atoms with van der Waals surface area (Å²) in [5.41, 5.74) is 0.629. The van der Waals surface area contributed by atoms with E-state index in [0.717, 1.165) is 25.9 Å². The van der Waals surface area contributed by atoms with Gasteiger partial charge in [0.15, 0.2) is 0 Å². The van der Waals surface area contributed by atoms with E-state index in [1.807, 2.05) is 0 Å². The van der Waals surface area contributed by atoms with Crippen molar-refractivity contribution in [2.45, 2.75) is 26.2 Å². The molecule has 24 heavy (non-hydrogen) atoms. The van der Waals surface area contributed by atoms with Gasteiger partial charge in [0.1, 0.15) is 0 Å². The van der Waals surface area contributed by atoms with Crippen molar-refractivity contribution >= 4 is 42.3 Å². The van der Waals surface area contributed by atoms with Crippen LogP contribution < -0.4 is 16.0 Å². The summed E-state index contributed by atoms with van der Waals surface area (Å²) in [5, 5.41) is 8.70. The molecule has 0 bridgehead atoms. The SMILES string of the molecule is CC(CC(=O)NCC(=O)Nc1cccnc1)C1CCNCC1.Cl.Cl. The maximum absolute atomic E-state index is 11.9. The van der Waals surface area contributed by atoms with Gasteiger partial charge in [0.05, 0.1) is 18.4 Å². The third-order valence-corrected chi connectivity index (χ3v) is 4.09. The molecule has 0 aromatic carbocycles. The number of piperidine rings is 1. The Morgan fingerprint density at radius 1 is 1.29 bits per heavy atom. The number of anilines is 1. The lowest BCUT2D eigenvalue weighted by Crippen LogP contribution is -2.36. The molecule has 1 aliphatic heterocycles. The molecule has 1 aromatic rings. The molecule has 1 unspecified atom stereocenters. The minimum Gasteiger partial charge on any atom is -0.347 e. The summed E-state index contributed by atoms with van der Waals surface area (Å²) < 4.78 is 0. The van der Waals surface area contributed by atoms with Crippen LogP contribution in [0.25, 0.3) is 0 Å². The van der Waals surface area contributed by atoms with Gasteiger partial charge in [0, 0.05) is 12.6 Å². The average molecular weight is 377 g/mol. The molecule has 3 N–H and O–H groups in total. The number of hydrogen-bond donors (Lipinski definition) is 3.